The second-order valence-electron chi connectivity index (χ2n) is 4.94. The molecule has 3 N–H and O–H groups in total. The molecule has 0 fully saturated rings. The Kier molecular flexibility index (Phi) is 6.87. The van der Waals surface area contributed by atoms with Crippen LogP contribution in [-0.4, -0.2) is 56.7 Å². The molecule has 0 atom stereocenters. The van der Waals surface area contributed by atoms with Gasteiger partial charge < -0.3 is 15.3 Å². The van der Waals surface area contributed by atoms with Crippen LogP contribution in [0.1, 0.15) is 15.6 Å². The van der Waals surface area contributed by atoms with E-state index in [0.717, 1.165) is 10.7 Å². The SMILES string of the molecule is Cc1nc(SCCNC(=O)N(CCO)Cc2ccc(C)s2)n[nH]1. The third kappa shape index (κ3) is 5.85. The maximum atomic E-state index is 12.2. The lowest BCUT2D eigenvalue weighted by Crippen LogP contribution is -2.41. The fraction of sp³-hybridized carbons (Fsp3) is 0.500. The van der Waals surface area contributed by atoms with Crippen molar-refractivity contribution in [2.45, 2.75) is 25.5 Å². The van der Waals surface area contributed by atoms with Gasteiger partial charge in [0, 0.05) is 28.6 Å². The van der Waals surface area contributed by atoms with Crippen LogP contribution in [0.2, 0.25) is 0 Å². The molecule has 0 aliphatic carbocycles. The molecule has 2 heterocycles. The Morgan fingerprint density at radius 1 is 1.48 bits per heavy atom. The third-order valence-electron chi connectivity index (χ3n) is 2.99. The predicted molar refractivity (Wildman–Crippen MR) is 91.8 cm³/mol. The molecule has 2 amide bonds. The Balaban J connectivity index is 1.76. The second-order valence-corrected chi connectivity index (χ2v) is 7.38. The quantitative estimate of drug-likeness (QED) is 0.496. The molecular weight excluding hydrogens is 334 g/mol. The van der Waals surface area contributed by atoms with E-state index in [-0.39, 0.29) is 12.6 Å². The number of nitrogens with zero attached hydrogens (tertiary/aromatic N) is 3. The van der Waals surface area contributed by atoms with Gasteiger partial charge in [-0.3, -0.25) is 5.10 Å². The molecule has 23 heavy (non-hydrogen) atoms. The number of aliphatic hydroxyl groups excluding tert-OH is 1. The van der Waals surface area contributed by atoms with E-state index in [1.807, 2.05) is 26.0 Å². The molecule has 0 saturated carbocycles. The van der Waals surface area contributed by atoms with E-state index in [0.29, 0.717) is 30.5 Å². The van der Waals surface area contributed by atoms with Crippen LogP contribution in [0, 0.1) is 13.8 Å². The molecule has 2 aromatic rings. The van der Waals surface area contributed by atoms with Crippen LogP contribution in [0.5, 0.6) is 0 Å². The fourth-order valence-corrected chi connectivity index (χ4v) is 3.53. The van der Waals surface area contributed by atoms with E-state index in [9.17, 15) is 4.79 Å². The fourth-order valence-electron chi connectivity index (χ4n) is 1.93. The highest BCUT2D eigenvalue weighted by Gasteiger charge is 2.14. The monoisotopic (exact) mass is 355 g/mol. The van der Waals surface area contributed by atoms with E-state index < -0.39 is 0 Å². The van der Waals surface area contributed by atoms with Crippen LogP contribution in [0.3, 0.4) is 0 Å². The lowest BCUT2D eigenvalue weighted by molar-refractivity contribution is 0.175. The van der Waals surface area contributed by atoms with E-state index in [1.165, 1.54) is 16.6 Å². The first-order valence-electron chi connectivity index (χ1n) is 7.29. The number of carbonyl (C=O) groups excluding carboxylic acids is 1. The Morgan fingerprint density at radius 3 is 2.91 bits per heavy atom. The van der Waals surface area contributed by atoms with Crippen LogP contribution in [-0.2, 0) is 6.54 Å². The van der Waals surface area contributed by atoms with Crippen LogP contribution in [0.25, 0.3) is 0 Å². The molecule has 7 nitrogen and oxygen atoms in total. The molecule has 0 spiro atoms. The Labute approximate surface area is 143 Å². The minimum atomic E-state index is -0.170. The highest BCUT2D eigenvalue weighted by atomic mass is 32.2. The van der Waals surface area contributed by atoms with Gasteiger partial charge in [-0.2, -0.15) is 0 Å². The van der Waals surface area contributed by atoms with Crippen LogP contribution < -0.4 is 5.32 Å². The lowest BCUT2D eigenvalue weighted by atomic mass is 10.4. The number of hydrogen-bond acceptors (Lipinski definition) is 6. The van der Waals surface area contributed by atoms with Crippen molar-refractivity contribution in [3.63, 3.8) is 0 Å². The maximum absolute atomic E-state index is 12.2. The van der Waals surface area contributed by atoms with Crippen LogP contribution in [0.15, 0.2) is 17.3 Å². The summed E-state index contributed by atoms with van der Waals surface area (Å²) in [7, 11) is 0. The van der Waals surface area contributed by atoms with Crippen molar-refractivity contribution in [1.82, 2.24) is 25.4 Å². The summed E-state index contributed by atoms with van der Waals surface area (Å²) in [5, 5.41) is 19.5. The minimum absolute atomic E-state index is 0.0526. The first-order chi connectivity index (χ1) is 11.1. The molecule has 9 heteroatoms. The highest BCUT2D eigenvalue weighted by molar-refractivity contribution is 7.99. The highest BCUT2D eigenvalue weighted by Crippen LogP contribution is 2.17. The summed E-state index contributed by atoms with van der Waals surface area (Å²) in [5.74, 6) is 1.46. The van der Waals surface area contributed by atoms with Gasteiger partial charge in [0.2, 0.25) is 5.16 Å². The van der Waals surface area contributed by atoms with E-state index in [4.69, 9.17) is 5.11 Å². The summed E-state index contributed by atoms with van der Waals surface area (Å²) in [4.78, 5) is 20.3. The average molecular weight is 355 g/mol. The van der Waals surface area contributed by atoms with E-state index in [1.54, 1.807) is 16.2 Å². The largest absolute Gasteiger partial charge is 0.395 e. The van der Waals surface area contributed by atoms with Gasteiger partial charge in [-0.1, -0.05) is 11.8 Å². The molecule has 0 bridgehead atoms. The van der Waals surface area contributed by atoms with Crippen LogP contribution in [0.4, 0.5) is 4.79 Å². The molecule has 0 aliphatic rings. The van der Waals surface area contributed by atoms with Gasteiger partial charge in [-0.15, -0.1) is 16.4 Å². The molecule has 0 saturated heterocycles. The molecule has 2 aromatic heterocycles. The number of amides is 2. The summed E-state index contributed by atoms with van der Waals surface area (Å²) in [6, 6.07) is 3.88. The molecule has 0 radical (unpaired) electrons. The number of nitrogens with one attached hydrogen (secondary N) is 2. The number of thiophene rings is 1. The zero-order chi connectivity index (χ0) is 16.7. The van der Waals surface area contributed by atoms with Crippen molar-refractivity contribution in [1.29, 1.82) is 0 Å². The van der Waals surface area contributed by atoms with Gasteiger partial charge in [-0.25, -0.2) is 9.78 Å². The first kappa shape index (κ1) is 17.8. The number of urea groups is 1. The number of H-pyrrole nitrogens is 1. The van der Waals surface area contributed by atoms with E-state index >= 15 is 0 Å². The number of aromatic amines is 1. The van der Waals surface area contributed by atoms with Gasteiger partial charge >= 0.3 is 6.03 Å². The summed E-state index contributed by atoms with van der Waals surface area (Å²) < 4.78 is 0. The standard InChI is InChI=1S/C14H21N5O2S2/c1-10-3-4-12(23-10)9-19(6-7-20)14(21)15-5-8-22-13-16-11(2)17-18-13/h3-4,20H,5-9H2,1-2H3,(H,15,21)(H,16,17,18). The van der Waals surface area contributed by atoms with Gasteiger partial charge in [-0.05, 0) is 26.0 Å². The Morgan fingerprint density at radius 2 is 2.30 bits per heavy atom. The van der Waals surface area contributed by atoms with Crippen LogP contribution >= 0.6 is 23.1 Å². The molecule has 0 aromatic carbocycles. The zero-order valence-corrected chi connectivity index (χ0v) is 14.8. The Hall–Kier alpha value is -1.58. The van der Waals surface area contributed by atoms with Gasteiger partial charge in [0.15, 0.2) is 0 Å². The maximum Gasteiger partial charge on any atom is 0.317 e. The third-order valence-corrected chi connectivity index (χ3v) is 4.82. The molecule has 0 aliphatic heterocycles. The minimum Gasteiger partial charge on any atom is -0.395 e. The topological polar surface area (TPSA) is 94.1 Å². The number of thioether (sulfide) groups is 1. The number of rotatable bonds is 8. The predicted octanol–water partition coefficient (Wildman–Crippen LogP) is 1.78. The molecule has 0 unspecified atom stereocenters. The van der Waals surface area contributed by atoms with Crippen molar-refractivity contribution in [2.24, 2.45) is 0 Å². The van der Waals surface area contributed by atoms with Crippen molar-refractivity contribution in [3.8, 4) is 0 Å². The number of aryl methyl sites for hydroxylation is 2. The molecule has 2 rings (SSSR count). The van der Waals surface area contributed by atoms with Gasteiger partial charge in [0.05, 0.1) is 13.2 Å². The van der Waals surface area contributed by atoms with Gasteiger partial charge in [0.25, 0.3) is 0 Å². The lowest BCUT2D eigenvalue weighted by Gasteiger charge is -2.21. The number of carbonyl (C=O) groups is 1. The summed E-state index contributed by atoms with van der Waals surface area (Å²) in [5.41, 5.74) is 0. The number of aromatic nitrogens is 3. The van der Waals surface area contributed by atoms with Crippen molar-refractivity contribution in [2.75, 3.05) is 25.4 Å². The van der Waals surface area contributed by atoms with Gasteiger partial charge in [0.1, 0.15) is 5.82 Å². The molecule has 126 valence electrons. The summed E-state index contributed by atoms with van der Waals surface area (Å²) in [6.07, 6.45) is 0. The summed E-state index contributed by atoms with van der Waals surface area (Å²) >= 11 is 3.14. The Bertz CT molecular complexity index is 628. The smallest absolute Gasteiger partial charge is 0.317 e. The number of hydrogen-bond donors (Lipinski definition) is 3. The van der Waals surface area contributed by atoms with Crippen molar-refractivity contribution in [3.05, 3.63) is 27.7 Å². The normalized spacial score (nSPS) is 10.7. The zero-order valence-electron chi connectivity index (χ0n) is 13.2. The average Bonchev–Trinajstić information content (AvgIpc) is 3.11. The van der Waals surface area contributed by atoms with Crippen molar-refractivity contribution < 1.29 is 9.90 Å². The second kappa shape index (κ2) is 8.90. The van der Waals surface area contributed by atoms with Crippen molar-refractivity contribution >= 4 is 29.1 Å². The molecular formula is C14H21N5O2S2. The number of aliphatic hydroxyl groups is 1. The van der Waals surface area contributed by atoms with E-state index in [2.05, 4.69) is 20.5 Å². The first-order valence-corrected chi connectivity index (χ1v) is 9.09. The summed E-state index contributed by atoms with van der Waals surface area (Å²) in [6.45, 7) is 5.17.